The summed E-state index contributed by atoms with van der Waals surface area (Å²) in [5.41, 5.74) is 7.31. The van der Waals surface area contributed by atoms with Gasteiger partial charge in [0, 0.05) is 0 Å². The van der Waals surface area contributed by atoms with Crippen molar-refractivity contribution in [3.63, 3.8) is 0 Å². The van der Waals surface area contributed by atoms with Crippen molar-refractivity contribution in [1.29, 1.82) is 0 Å². The lowest BCUT2D eigenvalue weighted by Gasteiger charge is -2.33. The summed E-state index contributed by atoms with van der Waals surface area (Å²) < 4.78 is 0. The minimum absolute atomic E-state index is 0.299. The fourth-order valence-corrected chi connectivity index (χ4v) is 3.92. The van der Waals surface area contributed by atoms with Gasteiger partial charge in [-0.25, -0.2) is 0 Å². The smallest absolute Gasteiger partial charge is 0.143 e. The molecule has 24 heavy (non-hydrogen) atoms. The van der Waals surface area contributed by atoms with E-state index in [1.807, 2.05) is 6.92 Å². The van der Waals surface area contributed by atoms with Crippen molar-refractivity contribution in [3.05, 3.63) is 58.2 Å². The van der Waals surface area contributed by atoms with Gasteiger partial charge < -0.3 is 0 Å². The molecule has 0 aromatic rings. The van der Waals surface area contributed by atoms with Crippen molar-refractivity contribution >= 4 is 6.29 Å². The van der Waals surface area contributed by atoms with E-state index in [4.69, 9.17) is 0 Å². The molecule has 0 saturated heterocycles. The molecule has 0 N–H and O–H groups in total. The van der Waals surface area contributed by atoms with E-state index in [1.165, 1.54) is 55.2 Å². The van der Waals surface area contributed by atoms with E-state index in [0.29, 0.717) is 5.41 Å². The molecule has 130 valence electrons. The van der Waals surface area contributed by atoms with Gasteiger partial charge in [0.2, 0.25) is 0 Å². The molecule has 2 rings (SSSR count). The summed E-state index contributed by atoms with van der Waals surface area (Å²) in [7, 11) is 0. The highest BCUT2D eigenvalue weighted by Crippen LogP contribution is 2.41. The number of carbonyl (C=O) groups excluding carboxylic acids is 1. The molecule has 1 nitrogen and oxygen atoms in total. The predicted molar refractivity (Wildman–Crippen MR) is 104 cm³/mol. The highest BCUT2D eigenvalue weighted by Gasteiger charge is 2.26. The summed E-state index contributed by atoms with van der Waals surface area (Å²) in [6, 6.07) is 0. The van der Waals surface area contributed by atoms with Crippen LogP contribution in [0.4, 0.5) is 0 Å². The number of rotatable bonds is 5. The van der Waals surface area contributed by atoms with Crippen LogP contribution in [0, 0.1) is 5.41 Å². The van der Waals surface area contributed by atoms with Gasteiger partial charge in [0.15, 0.2) is 0 Å². The summed E-state index contributed by atoms with van der Waals surface area (Å²) >= 11 is 0. The zero-order chi connectivity index (χ0) is 17.6. The molecule has 0 atom stereocenters. The zero-order valence-electron chi connectivity index (χ0n) is 15.8. The third kappa shape index (κ3) is 4.93. The molecule has 1 heteroatoms. The number of carbonyl (C=O) groups is 1. The lowest BCUT2D eigenvalue weighted by atomic mass is 9.72. The van der Waals surface area contributed by atoms with Crippen molar-refractivity contribution in [2.24, 2.45) is 5.41 Å². The van der Waals surface area contributed by atoms with Crippen LogP contribution in [0.25, 0.3) is 0 Å². The molecule has 0 aromatic carbocycles. The average Bonchev–Trinajstić information content (AvgIpc) is 2.53. The van der Waals surface area contributed by atoms with E-state index in [0.717, 1.165) is 18.3 Å². The molecule has 0 heterocycles. The Balaban J connectivity index is 2.26. The maximum atomic E-state index is 10.6. The first-order chi connectivity index (χ1) is 11.4. The summed E-state index contributed by atoms with van der Waals surface area (Å²) in [6.45, 7) is 9.02. The van der Waals surface area contributed by atoms with Gasteiger partial charge >= 0.3 is 0 Å². The highest BCUT2D eigenvalue weighted by molar-refractivity contribution is 5.67. The van der Waals surface area contributed by atoms with Crippen LogP contribution in [0.5, 0.6) is 0 Å². The van der Waals surface area contributed by atoms with Crippen molar-refractivity contribution in [3.8, 4) is 0 Å². The molecular formula is C23H32O. The summed E-state index contributed by atoms with van der Waals surface area (Å²) in [4.78, 5) is 10.6. The lowest BCUT2D eigenvalue weighted by Crippen LogP contribution is -2.19. The Morgan fingerprint density at radius 1 is 0.958 bits per heavy atom. The van der Waals surface area contributed by atoms with Crippen LogP contribution in [0.2, 0.25) is 0 Å². The number of hydrogen-bond donors (Lipinski definition) is 0. The first-order valence-electron chi connectivity index (χ1n) is 9.34. The second-order valence-corrected chi connectivity index (χ2v) is 7.90. The van der Waals surface area contributed by atoms with E-state index >= 15 is 0 Å². The molecule has 0 saturated carbocycles. The Bertz CT molecular complexity index is 620. The lowest BCUT2D eigenvalue weighted by molar-refractivity contribution is -0.104. The fraction of sp³-hybridized carbons (Fsp3) is 0.522. The first kappa shape index (κ1) is 18.7. The molecule has 0 fully saturated rings. The Morgan fingerprint density at radius 2 is 1.62 bits per heavy atom. The van der Waals surface area contributed by atoms with Crippen molar-refractivity contribution in [2.45, 2.75) is 72.6 Å². The minimum Gasteiger partial charge on any atom is -0.299 e. The highest BCUT2D eigenvalue weighted by atomic mass is 16.1. The average molecular weight is 325 g/mol. The topological polar surface area (TPSA) is 17.1 Å². The Labute approximate surface area is 147 Å². The Morgan fingerprint density at radius 3 is 2.25 bits per heavy atom. The monoisotopic (exact) mass is 324 g/mol. The zero-order valence-corrected chi connectivity index (χ0v) is 15.8. The van der Waals surface area contributed by atoms with Gasteiger partial charge in [0.1, 0.15) is 6.29 Å². The summed E-state index contributed by atoms with van der Waals surface area (Å²) in [5.74, 6) is 0. The largest absolute Gasteiger partial charge is 0.299 e. The van der Waals surface area contributed by atoms with Gasteiger partial charge in [0.05, 0.1) is 0 Å². The summed E-state index contributed by atoms with van der Waals surface area (Å²) in [5, 5.41) is 0. The van der Waals surface area contributed by atoms with E-state index < -0.39 is 0 Å². The van der Waals surface area contributed by atoms with E-state index in [9.17, 15) is 4.79 Å². The molecule has 0 amide bonds. The van der Waals surface area contributed by atoms with E-state index in [1.54, 1.807) is 11.6 Å². The third-order valence-corrected chi connectivity index (χ3v) is 5.43. The van der Waals surface area contributed by atoms with Crippen LogP contribution in [0.3, 0.4) is 0 Å². The van der Waals surface area contributed by atoms with Gasteiger partial charge in [-0.3, -0.25) is 4.79 Å². The normalized spacial score (nSPS) is 22.8. The quantitative estimate of drug-likeness (QED) is 0.315. The van der Waals surface area contributed by atoms with Crippen LogP contribution in [0.1, 0.15) is 72.6 Å². The fourth-order valence-electron chi connectivity index (χ4n) is 3.92. The van der Waals surface area contributed by atoms with Crippen molar-refractivity contribution < 1.29 is 4.79 Å². The SMILES string of the molecule is CC1=C(/C=C/C2=C(/C=C/C(C)=C/C=O)CCCC2)C(C)(C)CCC1. The molecular weight excluding hydrogens is 292 g/mol. The van der Waals surface area contributed by atoms with Crippen LogP contribution in [-0.4, -0.2) is 6.29 Å². The van der Waals surface area contributed by atoms with E-state index in [-0.39, 0.29) is 0 Å². The predicted octanol–water partition coefficient (Wildman–Crippen LogP) is 6.64. The maximum absolute atomic E-state index is 10.6. The molecule has 0 spiro atoms. The molecule has 0 aliphatic heterocycles. The van der Waals surface area contributed by atoms with Gasteiger partial charge in [-0.15, -0.1) is 0 Å². The van der Waals surface area contributed by atoms with E-state index in [2.05, 4.69) is 45.1 Å². The van der Waals surface area contributed by atoms with Crippen LogP contribution in [-0.2, 0) is 4.79 Å². The molecule has 0 bridgehead atoms. The minimum atomic E-state index is 0.299. The van der Waals surface area contributed by atoms with Gasteiger partial charge in [0.25, 0.3) is 0 Å². The van der Waals surface area contributed by atoms with Crippen LogP contribution >= 0.6 is 0 Å². The van der Waals surface area contributed by atoms with Crippen LogP contribution < -0.4 is 0 Å². The maximum Gasteiger partial charge on any atom is 0.143 e. The van der Waals surface area contributed by atoms with Gasteiger partial charge in [-0.05, 0) is 92.6 Å². The number of aldehydes is 1. The summed E-state index contributed by atoms with van der Waals surface area (Å²) in [6.07, 6.45) is 20.2. The molecule has 0 radical (unpaired) electrons. The Hall–Kier alpha value is -1.63. The van der Waals surface area contributed by atoms with Gasteiger partial charge in [-0.2, -0.15) is 0 Å². The van der Waals surface area contributed by atoms with Crippen molar-refractivity contribution in [1.82, 2.24) is 0 Å². The standard InChI is InChI=1S/C23H32O/c1-18(15-17-24)11-12-20-9-5-6-10-21(20)13-14-22-19(2)8-7-16-23(22,3)4/h11-15,17H,5-10,16H2,1-4H3/b12-11+,14-13+,18-15+. The molecule has 2 aliphatic carbocycles. The van der Waals surface area contributed by atoms with Crippen LogP contribution in [0.15, 0.2) is 58.2 Å². The van der Waals surface area contributed by atoms with Crippen molar-refractivity contribution in [2.75, 3.05) is 0 Å². The number of hydrogen-bond acceptors (Lipinski definition) is 1. The first-order valence-corrected chi connectivity index (χ1v) is 9.34. The third-order valence-electron chi connectivity index (χ3n) is 5.43. The second kappa shape index (κ2) is 8.46. The number of allylic oxidation sites excluding steroid dienone is 10. The van der Waals surface area contributed by atoms with Gasteiger partial charge in [-0.1, -0.05) is 43.7 Å². The molecule has 0 aromatic heterocycles. The molecule has 0 unspecified atom stereocenters. The molecule has 2 aliphatic rings. The Kier molecular flexibility index (Phi) is 6.60. The second-order valence-electron chi connectivity index (χ2n) is 7.90.